The van der Waals surface area contributed by atoms with Gasteiger partial charge in [0.15, 0.2) is 0 Å². The van der Waals surface area contributed by atoms with E-state index in [1.165, 1.54) is 12.3 Å². The molecule has 0 bridgehead atoms. The van der Waals surface area contributed by atoms with Crippen molar-refractivity contribution in [2.45, 2.75) is 0 Å². The monoisotopic (exact) mass is 293 g/mol. The Morgan fingerprint density at radius 3 is 2.94 bits per heavy atom. The lowest BCUT2D eigenvalue weighted by Crippen LogP contribution is -2.22. The van der Waals surface area contributed by atoms with E-state index in [0.29, 0.717) is 5.82 Å². The lowest BCUT2D eigenvalue weighted by atomic mass is 10.2. The van der Waals surface area contributed by atoms with Gasteiger partial charge < -0.3 is 10.3 Å². The first-order valence-corrected chi connectivity index (χ1v) is 5.57. The first-order valence-electron chi connectivity index (χ1n) is 4.77. The van der Waals surface area contributed by atoms with Crippen LogP contribution in [0.3, 0.4) is 0 Å². The van der Waals surface area contributed by atoms with Crippen molar-refractivity contribution in [2.75, 3.05) is 5.32 Å². The minimum absolute atomic E-state index is 0.0503. The highest BCUT2D eigenvalue weighted by atomic mass is 79.9. The fourth-order valence-electron chi connectivity index (χ4n) is 1.26. The van der Waals surface area contributed by atoms with Gasteiger partial charge in [0.25, 0.3) is 11.5 Å². The lowest BCUT2D eigenvalue weighted by Gasteiger charge is -2.03. The molecule has 5 nitrogen and oxygen atoms in total. The second-order valence-corrected chi connectivity index (χ2v) is 4.14. The molecule has 0 fully saturated rings. The number of anilines is 1. The Morgan fingerprint density at radius 1 is 1.41 bits per heavy atom. The van der Waals surface area contributed by atoms with Gasteiger partial charge >= 0.3 is 0 Å². The topological polar surface area (TPSA) is 74.8 Å². The minimum atomic E-state index is -0.488. The summed E-state index contributed by atoms with van der Waals surface area (Å²) in [5.74, 6) is -0.106. The van der Waals surface area contributed by atoms with Gasteiger partial charge in [-0.05, 0) is 24.3 Å². The smallest absolute Gasteiger partial charge is 0.262 e. The Kier molecular flexibility index (Phi) is 3.34. The predicted molar refractivity (Wildman–Crippen MR) is 67.0 cm³/mol. The molecule has 0 aliphatic heterocycles. The Bertz CT molecular complexity index is 609. The van der Waals surface area contributed by atoms with Gasteiger partial charge in [-0.15, -0.1) is 0 Å². The third-order valence-corrected chi connectivity index (χ3v) is 2.52. The molecule has 17 heavy (non-hydrogen) atoms. The molecule has 2 N–H and O–H groups in total. The van der Waals surface area contributed by atoms with E-state index in [-0.39, 0.29) is 5.56 Å². The summed E-state index contributed by atoms with van der Waals surface area (Å²) in [4.78, 5) is 29.5. The highest BCUT2D eigenvalue weighted by Gasteiger charge is 2.10. The number of carbonyl (C=O) groups excluding carboxylic acids is 1. The molecule has 0 aromatic carbocycles. The van der Waals surface area contributed by atoms with E-state index in [4.69, 9.17) is 0 Å². The van der Waals surface area contributed by atoms with Crippen molar-refractivity contribution in [3.05, 3.63) is 57.0 Å². The van der Waals surface area contributed by atoms with E-state index in [1.807, 2.05) is 0 Å². The number of hydrogen-bond acceptors (Lipinski definition) is 3. The number of H-pyrrole nitrogens is 1. The summed E-state index contributed by atoms with van der Waals surface area (Å²) >= 11 is 3.26. The van der Waals surface area contributed by atoms with Gasteiger partial charge in [-0.2, -0.15) is 0 Å². The Labute approximate surface area is 105 Å². The van der Waals surface area contributed by atoms with Gasteiger partial charge in [0.05, 0.1) is 0 Å². The van der Waals surface area contributed by atoms with Crippen LogP contribution in [0.15, 0.2) is 45.9 Å². The molecule has 0 aliphatic rings. The van der Waals surface area contributed by atoms with Crippen LogP contribution in [0.25, 0.3) is 0 Å². The van der Waals surface area contributed by atoms with Crippen molar-refractivity contribution in [3.63, 3.8) is 0 Å². The molecule has 86 valence electrons. The van der Waals surface area contributed by atoms with E-state index >= 15 is 0 Å². The van der Waals surface area contributed by atoms with Gasteiger partial charge in [0.1, 0.15) is 11.4 Å². The van der Waals surface area contributed by atoms with Crippen LogP contribution in [0.2, 0.25) is 0 Å². The standard InChI is InChI=1S/C11H8BrN3O2/c12-7-3-5-13-9(6-7)15-11(17)8-2-1-4-14-10(8)16/h1-6H,(H,14,16)(H,13,15,17). The molecule has 0 saturated heterocycles. The third-order valence-electron chi connectivity index (χ3n) is 2.03. The van der Waals surface area contributed by atoms with E-state index < -0.39 is 11.5 Å². The molecule has 0 saturated carbocycles. The van der Waals surface area contributed by atoms with Crippen molar-refractivity contribution in [1.29, 1.82) is 0 Å². The number of halogens is 1. The summed E-state index contributed by atoms with van der Waals surface area (Å²) in [6.45, 7) is 0. The molecular formula is C11H8BrN3O2. The first kappa shape index (κ1) is 11.5. The van der Waals surface area contributed by atoms with Gasteiger partial charge in [0.2, 0.25) is 0 Å². The Balaban J connectivity index is 2.23. The summed E-state index contributed by atoms with van der Waals surface area (Å²) in [6, 6.07) is 6.43. The van der Waals surface area contributed by atoms with Crippen LogP contribution in [-0.2, 0) is 0 Å². The zero-order chi connectivity index (χ0) is 12.3. The van der Waals surface area contributed by atoms with Gasteiger partial charge in [0, 0.05) is 16.9 Å². The molecule has 0 unspecified atom stereocenters. The number of aromatic amines is 1. The summed E-state index contributed by atoms with van der Waals surface area (Å²) < 4.78 is 0.796. The lowest BCUT2D eigenvalue weighted by molar-refractivity contribution is 0.102. The highest BCUT2D eigenvalue weighted by Crippen LogP contribution is 2.12. The molecule has 2 rings (SSSR count). The van der Waals surface area contributed by atoms with Gasteiger partial charge in [-0.3, -0.25) is 9.59 Å². The molecule has 0 radical (unpaired) electrons. The van der Waals surface area contributed by atoms with E-state index in [0.717, 1.165) is 4.47 Å². The largest absolute Gasteiger partial charge is 0.328 e. The van der Waals surface area contributed by atoms with Gasteiger partial charge in [-0.1, -0.05) is 15.9 Å². The van der Waals surface area contributed by atoms with Crippen molar-refractivity contribution >= 4 is 27.7 Å². The number of rotatable bonds is 2. The van der Waals surface area contributed by atoms with Crippen LogP contribution in [-0.4, -0.2) is 15.9 Å². The SMILES string of the molecule is O=C(Nc1cc(Br)ccn1)c1ccc[nH]c1=O. The molecule has 0 aliphatic carbocycles. The maximum atomic E-state index is 11.8. The third kappa shape index (κ3) is 2.79. The van der Waals surface area contributed by atoms with Crippen molar-refractivity contribution in [1.82, 2.24) is 9.97 Å². The molecule has 2 aromatic heterocycles. The molecule has 6 heteroatoms. The molecule has 0 spiro atoms. The molecule has 2 heterocycles. The summed E-state index contributed by atoms with van der Waals surface area (Å²) in [6.07, 6.45) is 3.02. The summed E-state index contributed by atoms with van der Waals surface area (Å²) in [5.41, 5.74) is -0.380. The predicted octanol–water partition coefficient (Wildman–Crippen LogP) is 1.78. The maximum absolute atomic E-state index is 11.8. The number of nitrogens with zero attached hydrogens (tertiary/aromatic N) is 1. The number of pyridine rings is 2. The van der Waals surface area contributed by atoms with Crippen molar-refractivity contribution in [2.24, 2.45) is 0 Å². The minimum Gasteiger partial charge on any atom is -0.328 e. The number of carbonyl (C=O) groups is 1. The fraction of sp³-hybridized carbons (Fsp3) is 0. The van der Waals surface area contributed by atoms with Crippen LogP contribution >= 0.6 is 15.9 Å². The molecular weight excluding hydrogens is 286 g/mol. The number of hydrogen-bond donors (Lipinski definition) is 2. The van der Waals surface area contributed by atoms with E-state index in [9.17, 15) is 9.59 Å². The number of nitrogens with one attached hydrogen (secondary N) is 2. The second kappa shape index (κ2) is 4.92. The number of amides is 1. The normalized spacial score (nSPS) is 9.94. The Morgan fingerprint density at radius 2 is 2.24 bits per heavy atom. The summed E-state index contributed by atoms with van der Waals surface area (Å²) in [7, 11) is 0. The fourth-order valence-corrected chi connectivity index (χ4v) is 1.59. The van der Waals surface area contributed by atoms with Crippen LogP contribution in [0, 0.1) is 0 Å². The Hall–Kier alpha value is -1.95. The molecule has 0 atom stereocenters. The van der Waals surface area contributed by atoms with Crippen molar-refractivity contribution < 1.29 is 4.79 Å². The maximum Gasteiger partial charge on any atom is 0.262 e. The van der Waals surface area contributed by atoms with Crippen LogP contribution in [0.5, 0.6) is 0 Å². The van der Waals surface area contributed by atoms with Gasteiger partial charge in [-0.25, -0.2) is 4.98 Å². The average Bonchev–Trinajstić information content (AvgIpc) is 2.29. The zero-order valence-electron chi connectivity index (χ0n) is 8.61. The average molecular weight is 294 g/mol. The zero-order valence-corrected chi connectivity index (χ0v) is 10.2. The highest BCUT2D eigenvalue weighted by molar-refractivity contribution is 9.10. The molecule has 2 aromatic rings. The van der Waals surface area contributed by atoms with Crippen LogP contribution < -0.4 is 10.9 Å². The number of aromatic nitrogens is 2. The van der Waals surface area contributed by atoms with Crippen LogP contribution in [0.4, 0.5) is 5.82 Å². The van der Waals surface area contributed by atoms with E-state index in [1.54, 1.807) is 24.4 Å². The quantitative estimate of drug-likeness (QED) is 0.886. The second-order valence-electron chi connectivity index (χ2n) is 3.23. The van der Waals surface area contributed by atoms with Crippen molar-refractivity contribution in [3.8, 4) is 0 Å². The summed E-state index contributed by atoms with van der Waals surface area (Å²) in [5, 5.41) is 2.54. The first-order chi connectivity index (χ1) is 8.16. The molecule has 1 amide bonds. The van der Waals surface area contributed by atoms with Crippen LogP contribution in [0.1, 0.15) is 10.4 Å². The van der Waals surface area contributed by atoms with E-state index in [2.05, 4.69) is 31.2 Å².